The molecular formula is C27H33NO2. The predicted octanol–water partition coefficient (Wildman–Crippen LogP) is 6.84. The maximum absolute atomic E-state index is 11.3. The molecule has 0 fully saturated rings. The number of benzene rings is 3. The smallest absolute Gasteiger partial charge is 0.142 e. The van der Waals surface area contributed by atoms with Crippen molar-refractivity contribution in [2.75, 3.05) is 25.2 Å². The molecule has 158 valence electrons. The Morgan fingerprint density at radius 2 is 1.57 bits per heavy atom. The lowest BCUT2D eigenvalue weighted by atomic mass is 9.84. The summed E-state index contributed by atoms with van der Waals surface area (Å²) in [6.45, 7) is 9.92. The number of hydrogen-bond donors (Lipinski definition) is 1. The van der Waals surface area contributed by atoms with Crippen LogP contribution in [0.15, 0.2) is 66.7 Å². The van der Waals surface area contributed by atoms with Crippen molar-refractivity contribution in [3.63, 3.8) is 0 Å². The second-order valence-corrected chi connectivity index (χ2v) is 8.81. The van der Waals surface area contributed by atoms with Crippen LogP contribution in [0, 0.1) is 6.92 Å². The number of methoxy groups -OCH3 is 1. The van der Waals surface area contributed by atoms with Gasteiger partial charge in [-0.25, -0.2) is 0 Å². The molecule has 0 heterocycles. The monoisotopic (exact) mass is 403 g/mol. The third-order valence-corrected chi connectivity index (χ3v) is 5.34. The molecule has 1 N–H and O–H groups in total. The minimum atomic E-state index is -0.151. The van der Waals surface area contributed by atoms with E-state index in [9.17, 15) is 5.11 Å². The molecule has 0 aliphatic rings. The first-order valence-electron chi connectivity index (χ1n) is 10.6. The van der Waals surface area contributed by atoms with Crippen molar-refractivity contribution < 1.29 is 9.84 Å². The highest BCUT2D eigenvalue weighted by atomic mass is 16.5. The molecule has 0 aliphatic heterocycles. The first-order valence-corrected chi connectivity index (χ1v) is 10.6. The summed E-state index contributed by atoms with van der Waals surface area (Å²) < 4.78 is 5.32. The summed E-state index contributed by atoms with van der Waals surface area (Å²) in [5.74, 6) is 0.355. The minimum Gasteiger partial charge on any atom is -0.505 e. The van der Waals surface area contributed by atoms with Gasteiger partial charge in [0.2, 0.25) is 0 Å². The fourth-order valence-electron chi connectivity index (χ4n) is 3.85. The van der Waals surface area contributed by atoms with E-state index in [1.54, 1.807) is 7.11 Å². The zero-order valence-corrected chi connectivity index (χ0v) is 18.8. The zero-order chi connectivity index (χ0) is 21.7. The van der Waals surface area contributed by atoms with Gasteiger partial charge in [0.25, 0.3) is 0 Å². The lowest BCUT2D eigenvalue weighted by Gasteiger charge is -2.31. The van der Waals surface area contributed by atoms with Crippen LogP contribution in [0.5, 0.6) is 5.75 Å². The van der Waals surface area contributed by atoms with Gasteiger partial charge in [0.1, 0.15) is 5.75 Å². The van der Waals surface area contributed by atoms with Gasteiger partial charge in [0.15, 0.2) is 0 Å². The fourth-order valence-corrected chi connectivity index (χ4v) is 3.85. The molecule has 0 aromatic heterocycles. The summed E-state index contributed by atoms with van der Waals surface area (Å²) in [5, 5.41) is 11.3. The lowest BCUT2D eigenvalue weighted by Crippen LogP contribution is -2.22. The number of ether oxygens (including phenoxy) is 1. The molecule has 0 aliphatic carbocycles. The van der Waals surface area contributed by atoms with Crippen LogP contribution < -0.4 is 4.90 Å². The molecular weight excluding hydrogens is 370 g/mol. The van der Waals surface area contributed by atoms with Crippen molar-refractivity contribution in [1.82, 2.24) is 0 Å². The topological polar surface area (TPSA) is 32.7 Å². The number of aryl methyl sites for hydroxylation is 1. The number of para-hydroxylation sites is 1. The Morgan fingerprint density at radius 3 is 2.23 bits per heavy atom. The van der Waals surface area contributed by atoms with E-state index in [1.807, 2.05) is 6.07 Å². The fraction of sp³-hybridized carbons (Fsp3) is 0.333. The van der Waals surface area contributed by atoms with E-state index in [2.05, 4.69) is 93.3 Å². The molecule has 0 atom stereocenters. The summed E-state index contributed by atoms with van der Waals surface area (Å²) >= 11 is 0. The van der Waals surface area contributed by atoms with E-state index in [-0.39, 0.29) is 5.41 Å². The van der Waals surface area contributed by atoms with Gasteiger partial charge in [-0.1, -0.05) is 75.4 Å². The number of phenols is 1. The average molecular weight is 404 g/mol. The van der Waals surface area contributed by atoms with Gasteiger partial charge in [-0.2, -0.15) is 0 Å². The number of nitrogens with zero attached hydrogens (tertiary/aromatic N) is 1. The summed E-state index contributed by atoms with van der Waals surface area (Å²) in [6.07, 6.45) is 0.859. The van der Waals surface area contributed by atoms with Crippen molar-refractivity contribution in [3.05, 3.63) is 77.9 Å². The SMILES string of the molecule is COCCCN(c1ccccc1-c1ccccc1)c1cc(C)cc(C(C)(C)C)c1O. The molecule has 0 amide bonds. The van der Waals surface area contributed by atoms with Gasteiger partial charge in [0, 0.05) is 37.1 Å². The Balaban J connectivity index is 2.19. The average Bonchev–Trinajstić information content (AvgIpc) is 2.73. The number of hydrogen-bond acceptors (Lipinski definition) is 3. The van der Waals surface area contributed by atoms with Crippen LogP contribution in [-0.4, -0.2) is 25.4 Å². The largest absolute Gasteiger partial charge is 0.505 e. The van der Waals surface area contributed by atoms with Crippen molar-refractivity contribution in [1.29, 1.82) is 0 Å². The van der Waals surface area contributed by atoms with Crippen LogP contribution in [0.2, 0.25) is 0 Å². The van der Waals surface area contributed by atoms with Crippen molar-refractivity contribution in [2.24, 2.45) is 0 Å². The lowest BCUT2D eigenvalue weighted by molar-refractivity contribution is 0.196. The Bertz CT molecular complexity index is 974. The van der Waals surface area contributed by atoms with E-state index in [4.69, 9.17) is 4.74 Å². The van der Waals surface area contributed by atoms with Gasteiger partial charge in [-0.15, -0.1) is 0 Å². The quantitative estimate of drug-likeness (QED) is 0.438. The maximum atomic E-state index is 11.3. The summed E-state index contributed by atoms with van der Waals surface area (Å²) in [5.41, 5.74) is 6.19. The molecule has 3 heteroatoms. The van der Waals surface area contributed by atoms with E-state index < -0.39 is 0 Å². The normalized spacial score (nSPS) is 11.5. The Labute approximate surface area is 180 Å². The third-order valence-electron chi connectivity index (χ3n) is 5.34. The van der Waals surface area contributed by atoms with Crippen LogP contribution in [0.1, 0.15) is 38.3 Å². The molecule has 3 rings (SSSR count). The molecule has 0 unspecified atom stereocenters. The van der Waals surface area contributed by atoms with E-state index in [0.717, 1.165) is 46.6 Å². The Hall–Kier alpha value is -2.78. The van der Waals surface area contributed by atoms with Gasteiger partial charge >= 0.3 is 0 Å². The summed E-state index contributed by atoms with van der Waals surface area (Å²) in [6, 6.07) is 23.0. The van der Waals surface area contributed by atoms with Gasteiger partial charge in [-0.3, -0.25) is 0 Å². The van der Waals surface area contributed by atoms with Gasteiger partial charge in [-0.05, 0) is 42.0 Å². The first kappa shape index (κ1) is 21.9. The van der Waals surface area contributed by atoms with Crippen molar-refractivity contribution >= 4 is 11.4 Å². The molecule has 0 bridgehead atoms. The summed E-state index contributed by atoms with van der Waals surface area (Å²) in [7, 11) is 1.73. The molecule has 0 saturated carbocycles. The Kier molecular flexibility index (Phi) is 6.84. The highest BCUT2D eigenvalue weighted by molar-refractivity contribution is 5.84. The standard InChI is InChI=1S/C27H33NO2/c1-20-18-23(27(2,3)4)26(29)25(19-20)28(16-11-17-30-5)24-15-10-9-14-22(24)21-12-7-6-8-13-21/h6-10,12-15,18-19,29H,11,16-17H2,1-5H3. The molecule has 3 aromatic carbocycles. The zero-order valence-electron chi connectivity index (χ0n) is 18.8. The number of phenolic OH excluding ortho intramolecular Hbond substituents is 1. The first-order chi connectivity index (χ1) is 14.3. The van der Waals surface area contributed by atoms with Crippen LogP contribution in [0.3, 0.4) is 0 Å². The molecule has 3 nitrogen and oxygen atoms in total. The van der Waals surface area contributed by atoms with Crippen molar-refractivity contribution in [2.45, 2.75) is 39.5 Å². The van der Waals surface area contributed by atoms with Crippen LogP contribution in [0.25, 0.3) is 11.1 Å². The van der Waals surface area contributed by atoms with Crippen LogP contribution in [0.4, 0.5) is 11.4 Å². The Morgan fingerprint density at radius 1 is 0.900 bits per heavy atom. The second-order valence-electron chi connectivity index (χ2n) is 8.81. The molecule has 0 radical (unpaired) electrons. The van der Waals surface area contributed by atoms with Crippen LogP contribution in [-0.2, 0) is 10.2 Å². The molecule has 30 heavy (non-hydrogen) atoms. The van der Waals surface area contributed by atoms with E-state index in [0.29, 0.717) is 12.4 Å². The highest BCUT2D eigenvalue weighted by Crippen LogP contribution is 2.43. The summed E-state index contributed by atoms with van der Waals surface area (Å²) in [4.78, 5) is 2.24. The molecule has 0 saturated heterocycles. The molecule has 3 aromatic rings. The van der Waals surface area contributed by atoms with E-state index >= 15 is 0 Å². The maximum Gasteiger partial charge on any atom is 0.142 e. The predicted molar refractivity (Wildman–Crippen MR) is 127 cm³/mol. The number of rotatable bonds is 7. The number of anilines is 2. The number of aromatic hydroxyl groups is 1. The minimum absolute atomic E-state index is 0.151. The molecule has 0 spiro atoms. The van der Waals surface area contributed by atoms with Gasteiger partial charge in [0.05, 0.1) is 5.69 Å². The van der Waals surface area contributed by atoms with Crippen molar-refractivity contribution in [3.8, 4) is 16.9 Å². The van der Waals surface area contributed by atoms with Gasteiger partial charge < -0.3 is 14.7 Å². The highest BCUT2D eigenvalue weighted by Gasteiger charge is 2.24. The van der Waals surface area contributed by atoms with E-state index in [1.165, 1.54) is 0 Å². The second kappa shape index (κ2) is 9.36. The van der Waals surface area contributed by atoms with Crippen LogP contribution >= 0.6 is 0 Å². The third kappa shape index (κ3) is 4.85.